The Hall–Kier alpha value is -4.84. The molecule has 0 unspecified atom stereocenters. The lowest BCUT2D eigenvalue weighted by Crippen LogP contribution is -2.46. The highest BCUT2D eigenvalue weighted by Crippen LogP contribution is 2.39. The molecule has 1 aliphatic heterocycles. The number of fused-ring (bicyclic) bond motifs is 1. The van der Waals surface area contributed by atoms with Crippen LogP contribution in [0.4, 0.5) is 15.8 Å². The van der Waals surface area contributed by atoms with Crippen LogP contribution in [0.5, 0.6) is 0 Å². The normalized spacial score (nSPS) is 16.3. The third kappa shape index (κ3) is 5.72. The predicted molar refractivity (Wildman–Crippen MR) is 168 cm³/mol. The molecule has 218 valence electrons. The van der Waals surface area contributed by atoms with Gasteiger partial charge in [-0.25, -0.2) is 4.98 Å². The molecule has 2 aromatic carbocycles. The highest BCUT2D eigenvalue weighted by atomic mass is 35.5. The Morgan fingerprint density at radius 3 is 2.70 bits per heavy atom. The summed E-state index contributed by atoms with van der Waals surface area (Å²) in [7, 11) is 7.16. The number of aromatic nitrogens is 2. The molecule has 4 N–H and O–H groups in total. The molecule has 2 radical (unpaired) electrons. The molecule has 1 saturated carbocycles. The van der Waals surface area contributed by atoms with Crippen LogP contribution < -0.4 is 21.6 Å². The van der Waals surface area contributed by atoms with Crippen molar-refractivity contribution >= 4 is 41.7 Å². The number of nitrogens with zero attached hydrogens (tertiary/aromatic N) is 5. The Labute approximate surface area is 261 Å². The number of aryl methyl sites for hydroxylation is 1. The van der Waals surface area contributed by atoms with E-state index in [4.69, 9.17) is 19.4 Å². The fourth-order valence-electron chi connectivity index (χ4n) is 5.50. The van der Waals surface area contributed by atoms with E-state index in [1.54, 1.807) is 19.1 Å². The van der Waals surface area contributed by atoms with E-state index < -0.39 is 11.4 Å². The lowest BCUT2D eigenvalue weighted by molar-refractivity contribution is 0.260. The number of anilines is 2. The molecule has 1 fully saturated rings. The Kier molecular flexibility index (Phi) is 8.00. The first-order valence-corrected chi connectivity index (χ1v) is 14.6. The zero-order valence-corrected chi connectivity index (χ0v) is 24.7. The van der Waals surface area contributed by atoms with Gasteiger partial charge in [0.05, 0.1) is 45.0 Å². The molecule has 9 nitrogen and oxygen atoms in total. The molecule has 1 aliphatic carbocycles. The molecule has 12 heteroatoms. The van der Waals surface area contributed by atoms with Gasteiger partial charge in [-0.1, -0.05) is 48.0 Å². The average molecular weight is 604 g/mol. The SMILES string of the molecule is [B][C@@](Nc1cc(Cl)c2ncc(C#N)c(N[C@H](CCC#N)c3ccccc3)c2c1)(C1=CN(C2CC2)NN1)c1ccc(F)nc1C. The van der Waals surface area contributed by atoms with Crippen molar-refractivity contribution in [1.82, 2.24) is 25.9 Å². The van der Waals surface area contributed by atoms with Crippen LogP contribution in [-0.4, -0.2) is 28.9 Å². The van der Waals surface area contributed by atoms with Crippen molar-refractivity contribution in [3.05, 3.63) is 106 Å². The molecule has 2 aromatic heterocycles. The van der Waals surface area contributed by atoms with Gasteiger partial charge in [0.15, 0.2) is 0 Å². The van der Waals surface area contributed by atoms with Crippen molar-refractivity contribution in [2.45, 2.75) is 50.1 Å². The summed E-state index contributed by atoms with van der Waals surface area (Å²) in [6.07, 6.45) is 6.35. The van der Waals surface area contributed by atoms with E-state index in [0.717, 1.165) is 18.4 Å². The molecule has 4 aromatic rings. The Bertz CT molecular complexity index is 1830. The molecule has 0 spiro atoms. The van der Waals surface area contributed by atoms with Crippen molar-refractivity contribution in [3.8, 4) is 12.1 Å². The summed E-state index contributed by atoms with van der Waals surface area (Å²) >= 11 is 6.82. The van der Waals surface area contributed by atoms with Crippen LogP contribution in [-0.2, 0) is 5.44 Å². The Balaban J connectivity index is 1.46. The highest BCUT2D eigenvalue weighted by Gasteiger charge is 2.39. The molecule has 0 bridgehead atoms. The van der Waals surface area contributed by atoms with Crippen LogP contribution in [0.3, 0.4) is 0 Å². The number of hydrogen-bond acceptors (Lipinski definition) is 9. The fraction of sp³-hybridized carbons (Fsp3) is 0.250. The molecule has 0 amide bonds. The van der Waals surface area contributed by atoms with Crippen LogP contribution in [0.15, 0.2) is 72.7 Å². The number of hydrazine groups is 2. The number of halogens is 2. The second kappa shape index (κ2) is 12.0. The average Bonchev–Trinajstić information content (AvgIpc) is 3.74. The molecule has 0 saturated heterocycles. The van der Waals surface area contributed by atoms with Gasteiger partial charge in [-0.05, 0) is 55.5 Å². The molecule has 2 aliphatic rings. The first-order valence-electron chi connectivity index (χ1n) is 14.2. The van der Waals surface area contributed by atoms with Crippen LogP contribution in [0.25, 0.3) is 10.9 Å². The smallest absolute Gasteiger partial charge is 0.213 e. The Morgan fingerprint density at radius 2 is 2.00 bits per heavy atom. The minimum atomic E-state index is -1.38. The highest BCUT2D eigenvalue weighted by molar-refractivity contribution is 6.36. The summed E-state index contributed by atoms with van der Waals surface area (Å²) in [5.74, 6) is -0.608. The third-order valence-electron chi connectivity index (χ3n) is 7.88. The van der Waals surface area contributed by atoms with E-state index in [-0.39, 0.29) is 6.04 Å². The van der Waals surface area contributed by atoms with Crippen LogP contribution in [0.1, 0.15) is 54.1 Å². The summed E-state index contributed by atoms with van der Waals surface area (Å²) < 4.78 is 14.1. The summed E-state index contributed by atoms with van der Waals surface area (Å²) in [5.41, 5.74) is 9.38. The fourth-order valence-corrected chi connectivity index (χ4v) is 5.76. The molecule has 2 atom stereocenters. The second-order valence-electron chi connectivity index (χ2n) is 10.9. The van der Waals surface area contributed by atoms with Crippen LogP contribution >= 0.6 is 11.6 Å². The van der Waals surface area contributed by atoms with Gasteiger partial charge >= 0.3 is 0 Å². The molecular weight excluding hydrogens is 576 g/mol. The number of benzene rings is 2. The first-order chi connectivity index (χ1) is 21.3. The topological polar surface area (TPSA) is 125 Å². The Morgan fingerprint density at radius 1 is 1.20 bits per heavy atom. The van der Waals surface area contributed by atoms with Gasteiger partial charge in [-0.3, -0.25) is 9.99 Å². The van der Waals surface area contributed by atoms with Crippen LogP contribution in [0, 0.1) is 35.5 Å². The van der Waals surface area contributed by atoms with E-state index in [1.165, 1.54) is 12.3 Å². The van der Waals surface area contributed by atoms with E-state index >= 15 is 0 Å². The quantitative estimate of drug-likeness (QED) is 0.131. The van der Waals surface area contributed by atoms with Gasteiger partial charge in [0.25, 0.3) is 0 Å². The van der Waals surface area contributed by atoms with Crippen molar-refractivity contribution < 1.29 is 4.39 Å². The van der Waals surface area contributed by atoms with Crippen molar-refractivity contribution in [3.63, 3.8) is 0 Å². The maximum absolute atomic E-state index is 14.1. The van der Waals surface area contributed by atoms with Crippen molar-refractivity contribution in [2.75, 3.05) is 10.6 Å². The van der Waals surface area contributed by atoms with Gasteiger partial charge in [-0.2, -0.15) is 14.9 Å². The maximum atomic E-state index is 14.1. The van der Waals surface area contributed by atoms with E-state index in [9.17, 15) is 14.9 Å². The minimum absolute atomic E-state index is 0.252. The standard InChI is InChI=1S/C32H28BClFN9/c1-19-25(11-12-29(35)39-19)32(33,28-18-44(43-42-28)23-9-10-23)41-22-14-24-30(21(16-37)17-38-31(24)26(34)15-22)40-27(8-5-13-36)20-6-3-2-4-7-20/h2-4,6-7,11-12,14-15,17-18,23,27,41-43H,5,8-10H2,1H3,(H,38,40)/t27-,32+/m1/s1. The number of nitrogens with one attached hydrogen (secondary N) is 4. The number of hydrogen-bond donors (Lipinski definition) is 4. The van der Waals surface area contributed by atoms with Gasteiger partial charge in [0.1, 0.15) is 13.9 Å². The number of rotatable bonds is 10. The van der Waals surface area contributed by atoms with Gasteiger partial charge in [0, 0.05) is 41.6 Å². The summed E-state index contributed by atoms with van der Waals surface area (Å²) in [4.78, 5) is 8.52. The number of pyridine rings is 2. The third-order valence-corrected chi connectivity index (χ3v) is 8.17. The maximum Gasteiger partial charge on any atom is 0.213 e. The van der Waals surface area contributed by atoms with E-state index in [1.807, 2.05) is 47.6 Å². The lowest BCUT2D eigenvalue weighted by Gasteiger charge is -2.35. The molecule has 6 rings (SSSR count). The first kappa shape index (κ1) is 29.2. The second-order valence-corrected chi connectivity index (χ2v) is 11.3. The predicted octanol–water partition coefficient (Wildman–Crippen LogP) is 5.82. The zero-order valence-electron chi connectivity index (χ0n) is 23.9. The summed E-state index contributed by atoms with van der Waals surface area (Å²) in [5, 5.41) is 29.2. The monoisotopic (exact) mass is 603 g/mol. The minimum Gasteiger partial charge on any atom is -0.378 e. The van der Waals surface area contributed by atoms with Gasteiger partial charge in [0.2, 0.25) is 5.95 Å². The summed E-state index contributed by atoms with van der Waals surface area (Å²) in [6.45, 7) is 1.70. The van der Waals surface area contributed by atoms with Gasteiger partial charge in [-0.15, -0.1) is 5.53 Å². The molecule has 44 heavy (non-hydrogen) atoms. The van der Waals surface area contributed by atoms with E-state index in [0.29, 0.717) is 68.7 Å². The molecule has 3 heterocycles. The van der Waals surface area contributed by atoms with E-state index in [2.05, 4.69) is 43.7 Å². The van der Waals surface area contributed by atoms with Crippen molar-refractivity contribution in [2.24, 2.45) is 0 Å². The summed E-state index contributed by atoms with van der Waals surface area (Å²) in [6, 6.07) is 20.7. The van der Waals surface area contributed by atoms with Crippen molar-refractivity contribution in [1.29, 1.82) is 10.5 Å². The lowest BCUT2D eigenvalue weighted by atomic mass is 9.69. The van der Waals surface area contributed by atoms with Gasteiger partial charge < -0.3 is 16.1 Å². The molecular formula is C32H28BClFN9. The van der Waals surface area contributed by atoms with Crippen LogP contribution in [0.2, 0.25) is 5.02 Å². The number of nitriles is 2. The zero-order chi connectivity index (χ0) is 30.8. The largest absolute Gasteiger partial charge is 0.378 e.